The summed E-state index contributed by atoms with van der Waals surface area (Å²) in [5, 5.41) is 10.2. The number of rotatable bonds is 6. The molecule has 84 valence electrons. The Morgan fingerprint density at radius 2 is 2.00 bits per heavy atom. The van der Waals surface area contributed by atoms with E-state index in [1.807, 2.05) is 6.92 Å². The Hall–Kier alpha value is -0.0400. The molecule has 1 fully saturated rings. The molecule has 1 saturated carbocycles. The van der Waals surface area contributed by atoms with Gasteiger partial charge in [-0.05, 0) is 31.6 Å². The molecule has 0 heterocycles. The van der Waals surface area contributed by atoms with E-state index in [9.17, 15) is 5.11 Å². The summed E-state index contributed by atoms with van der Waals surface area (Å²) in [4.78, 5) is 0. The second-order valence-corrected chi connectivity index (χ2v) is 5.78. The molecule has 0 bridgehead atoms. The first-order chi connectivity index (χ1) is 6.49. The van der Waals surface area contributed by atoms with Gasteiger partial charge in [-0.3, -0.25) is 0 Å². The van der Waals surface area contributed by atoms with Crippen molar-refractivity contribution in [2.24, 2.45) is 11.8 Å². The van der Waals surface area contributed by atoms with E-state index in [-0.39, 0.29) is 5.60 Å². The summed E-state index contributed by atoms with van der Waals surface area (Å²) in [6.07, 6.45) is 8.53. The van der Waals surface area contributed by atoms with Crippen LogP contribution < -0.4 is 0 Å². The lowest BCUT2D eigenvalue weighted by Crippen LogP contribution is -2.30. The largest absolute Gasteiger partial charge is 0.390 e. The van der Waals surface area contributed by atoms with Crippen LogP contribution in [0, 0.1) is 11.8 Å². The van der Waals surface area contributed by atoms with Gasteiger partial charge in [0.2, 0.25) is 0 Å². The first-order valence-corrected chi connectivity index (χ1v) is 6.22. The second-order valence-electron chi connectivity index (χ2n) is 5.78. The van der Waals surface area contributed by atoms with Gasteiger partial charge in [-0.1, -0.05) is 46.0 Å². The molecule has 1 heteroatoms. The smallest absolute Gasteiger partial charge is 0.0622 e. The van der Waals surface area contributed by atoms with E-state index >= 15 is 0 Å². The standard InChI is InChI=1S/C13H26O/c1-11(2)6-5-9-13(3,14)10-12-7-4-8-12/h11-12,14H,4-10H2,1-3H3. The molecule has 0 saturated heterocycles. The van der Waals surface area contributed by atoms with Crippen LogP contribution in [0.25, 0.3) is 0 Å². The fourth-order valence-corrected chi connectivity index (χ4v) is 2.31. The second kappa shape index (κ2) is 5.16. The molecule has 1 nitrogen and oxygen atoms in total. The highest BCUT2D eigenvalue weighted by Gasteiger charge is 2.28. The fourth-order valence-electron chi connectivity index (χ4n) is 2.31. The average Bonchev–Trinajstić information content (AvgIpc) is 1.96. The molecule has 1 aliphatic carbocycles. The predicted molar refractivity (Wildman–Crippen MR) is 61.3 cm³/mol. The van der Waals surface area contributed by atoms with Crippen molar-refractivity contribution in [3.05, 3.63) is 0 Å². The van der Waals surface area contributed by atoms with Crippen molar-refractivity contribution < 1.29 is 5.11 Å². The topological polar surface area (TPSA) is 20.2 Å². The van der Waals surface area contributed by atoms with Crippen molar-refractivity contribution in [1.29, 1.82) is 0 Å². The summed E-state index contributed by atoms with van der Waals surface area (Å²) in [6.45, 7) is 6.52. The molecule has 1 unspecified atom stereocenters. The van der Waals surface area contributed by atoms with Gasteiger partial charge in [0.05, 0.1) is 5.60 Å². The lowest BCUT2D eigenvalue weighted by Gasteiger charge is -2.33. The van der Waals surface area contributed by atoms with Gasteiger partial charge in [0.25, 0.3) is 0 Å². The third-order valence-electron chi connectivity index (χ3n) is 3.45. The molecule has 1 rings (SSSR count). The van der Waals surface area contributed by atoms with Crippen LogP contribution in [0.15, 0.2) is 0 Å². The van der Waals surface area contributed by atoms with Crippen molar-refractivity contribution in [3.8, 4) is 0 Å². The van der Waals surface area contributed by atoms with E-state index in [1.165, 1.54) is 32.1 Å². The maximum Gasteiger partial charge on any atom is 0.0622 e. The molecule has 0 aliphatic heterocycles. The molecule has 1 aliphatic rings. The van der Waals surface area contributed by atoms with Crippen LogP contribution in [0.3, 0.4) is 0 Å². The molecular weight excluding hydrogens is 172 g/mol. The molecule has 1 atom stereocenters. The summed E-state index contributed by atoms with van der Waals surface area (Å²) < 4.78 is 0. The Bertz CT molecular complexity index is 157. The molecule has 0 spiro atoms. The van der Waals surface area contributed by atoms with E-state index in [2.05, 4.69) is 13.8 Å². The Morgan fingerprint density at radius 1 is 1.36 bits per heavy atom. The lowest BCUT2D eigenvalue weighted by molar-refractivity contribution is 0.00981. The average molecular weight is 198 g/mol. The third kappa shape index (κ3) is 4.45. The van der Waals surface area contributed by atoms with Gasteiger partial charge >= 0.3 is 0 Å². The van der Waals surface area contributed by atoms with Crippen molar-refractivity contribution in [2.75, 3.05) is 0 Å². The molecular formula is C13H26O. The van der Waals surface area contributed by atoms with Crippen LogP contribution in [-0.2, 0) is 0 Å². The maximum absolute atomic E-state index is 10.2. The summed E-state index contributed by atoms with van der Waals surface area (Å²) in [7, 11) is 0. The zero-order chi connectivity index (χ0) is 10.6. The molecule has 0 aromatic rings. The minimum atomic E-state index is -0.389. The zero-order valence-electron chi connectivity index (χ0n) is 10.1. The Balaban J connectivity index is 2.12. The quantitative estimate of drug-likeness (QED) is 0.689. The van der Waals surface area contributed by atoms with Crippen molar-refractivity contribution in [1.82, 2.24) is 0 Å². The number of hydrogen-bond donors (Lipinski definition) is 1. The van der Waals surface area contributed by atoms with Crippen LogP contribution in [0.1, 0.15) is 65.7 Å². The van der Waals surface area contributed by atoms with Crippen LogP contribution in [0.5, 0.6) is 0 Å². The lowest BCUT2D eigenvalue weighted by atomic mass is 9.76. The van der Waals surface area contributed by atoms with E-state index in [0.29, 0.717) is 0 Å². The highest BCUT2D eigenvalue weighted by Crippen LogP contribution is 2.35. The summed E-state index contributed by atoms with van der Waals surface area (Å²) in [5.41, 5.74) is -0.389. The van der Waals surface area contributed by atoms with Crippen molar-refractivity contribution in [2.45, 2.75) is 71.3 Å². The maximum atomic E-state index is 10.2. The van der Waals surface area contributed by atoms with E-state index in [4.69, 9.17) is 0 Å². The fraction of sp³-hybridized carbons (Fsp3) is 1.00. The van der Waals surface area contributed by atoms with Gasteiger partial charge in [0.1, 0.15) is 0 Å². The zero-order valence-corrected chi connectivity index (χ0v) is 10.1. The number of aliphatic hydroxyl groups is 1. The predicted octanol–water partition coefficient (Wildman–Crippen LogP) is 3.75. The van der Waals surface area contributed by atoms with Crippen LogP contribution in [0.4, 0.5) is 0 Å². The van der Waals surface area contributed by atoms with Gasteiger partial charge in [-0.25, -0.2) is 0 Å². The summed E-state index contributed by atoms with van der Waals surface area (Å²) >= 11 is 0. The van der Waals surface area contributed by atoms with Gasteiger partial charge in [-0.2, -0.15) is 0 Å². The molecule has 0 amide bonds. The van der Waals surface area contributed by atoms with Gasteiger partial charge in [0.15, 0.2) is 0 Å². The SMILES string of the molecule is CC(C)CCCC(C)(O)CC1CCC1. The molecule has 14 heavy (non-hydrogen) atoms. The Labute approximate surface area is 88.9 Å². The molecule has 1 N–H and O–H groups in total. The summed E-state index contributed by atoms with van der Waals surface area (Å²) in [6, 6.07) is 0. The van der Waals surface area contributed by atoms with Crippen LogP contribution in [-0.4, -0.2) is 10.7 Å². The van der Waals surface area contributed by atoms with Gasteiger partial charge in [-0.15, -0.1) is 0 Å². The van der Waals surface area contributed by atoms with E-state index < -0.39 is 0 Å². The molecule has 0 radical (unpaired) electrons. The highest BCUT2D eigenvalue weighted by molar-refractivity contribution is 4.81. The van der Waals surface area contributed by atoms with E-state index in [0.717, 1.165) is 24.7 Å². The van der Waals surface area contributed by atoms with Gasteiger partial charge < -0.3 is 5.11 Å². The third-order valence-corrected chi connectivity index (χ3v) is 3.45. The van der Waals surface area contributed by atoms with Crippen LogP contribution in [0.2, 0.25) is 0 Å². The van der Waals surface area contributed by atoms with E-state index in [1.54, 1.807) is 0 Å². The normalized spacial score (nSPS) is 22.1. The molecule has 0 aromatic carbocycles. The van der Waals surface area contributed by atoms with Crippen molar-refractivity contribution in [3.63, 3.8) is 0 Å². The highest BCUT2D eigenvalue weighted by atomic mass is 16.3. The molecule has 0 aromatic heterocycles. The van der Waals surface area contributed by atoms with Crippen LogP contribution >= 0.6 is 0 Å². The minimum Gasteiger partial charge on any atom is -0.390 e. The Morgan fingerprint density at radius 3 is 2.43 bits per heavy atom. The van der Waals surface area contributed by atoms with Crippen molar-refractivity contribution >= 4 is 0 Å². The minimum absolute atomic E-state index is 0.389. The number of hydrogen-bond acceptors (Lipinski definition) is 1. The summed E-state index contributed by atoms with van der Waals surface area (Å²) in [5.74, 6) is 1.60. The van der Waals surface area contributed by atoms with Gasteiger partial charge in [0, 0.05) is 0 Å². The Kier molecular flexibility index (Phi) is 4.43. The first kappa shape index (κ1) is 12.0. The monoisotopic (exact) mass is 198 g/mol. The first-order valence-electron chi connectivity index (χ1n) is 6.22.